The van der Waals surface area contributed by atoms with Gasteiger partial charge >= 0.3 is 0 Å². The molecule has 8 nitrogen and oxygen atoms in total. The fraction of sp³-hybridized carbons (Fsp3) is 0.211. The van der Waals surface area contributed by atoms with Gasteiger partial charge < -0.3 is 5.32 Å². The molecule has 2 aromatic rings. The number of fused-ring (bicyclic) bond motifs is 1. The van der Waals surface area contributed by atoms with Crippen LogP contribution < -0.4 is 10.2 Å². The Hall–Kier alpha value is -2.97. The Bertz CT molecular complexity index is 1040. The smallest absolute Gasteiger partial charge is 0.263 e. The van der Waals surface area contributed by atoms with E-state index in [1.54, 1.807) is 24.3 Å². The molecule has 2 aliphatic heterocycles. The molecule has 1 saturated heterocycles. The summed E-state index contributed by atoms with van der Waals surface area (Å²) in [7, 11) is 0. The number of benzene rings is 2. The zero-order valence-electron chi connectivity index (χ0n) is 15.2. The van der Waals surface area contributed by atoms with E-state index < -0.39 is 29.8 Å². The van der Waals surface area contributed by atoms with Gasteiger partial charge in [-0.2, -0.15) is 5.11 Å². The minimum atomic E-state index is -0.962. The molecule has 0 radical (unpaired) electrons. The van der Waals surface area contributed by atoms with Crippen molar-refractivity contribution in [2.45, 2.75) is 19.0 Å². The van der Waals surface area contributed by atoms with Gasteiger partial charge in [0.05, 0.1) is 16.4 Å². The summed E-state index contributed by atoms with van der Waals surface area (Å²) < 4.78 is 0. The van der Waals surface area contributed by atoms with E-state index in [4.69, 9.17) is 23.2 Å². The first-order valence-corrected chi connectivity index (χ1v) is 9.47. The molecule has 148 valence electrons. The maximum atomic E-state index is 12.9. The summed E-state index contributed by atoms with van der Waals surface area (Å²) in [5.74, 6) is -1.38. The van der Waals surface area contributed by atoms with E-state index in [9.17, 15) is 14.4 Å². The molecule has 2 unspecified atom stereocenters. The third-order valence-electron chi connectivity index (χ3n) is 4.66. The van der Waals surface area contributed by atoms with Crippen molar-refractivity contribution in [3.8, 4) is 0 Å². The molecule has 0 spiro atoms. The van der Waals surface area contributed by atoms with Crippen LogP contribution in [-0.2, 0) is 14.4 Å². The van der Waals surface area contributed by atoms with Gasteiger partial charge in [-0.05, 0) is 37.3 Å². The molecular formula is C19H15Cl2N5O3. The summed E-state index contributed by atoms with van der Waals surface area (Å²) in [4.78, 5) is 39.1. The summed E-state index contributed by atoms with van der Waals surface area (Å²) in [6, 6.07) is 9.77. The lowest BCUT2D eigenvalue weighted by Gasteiger charge is -2.20. The van der Waals surface area contributed by atoms with E-state index in [1.807, 2.05) is 19.1 Å². The highest BCUT2D eigenvalue weighted by molar-refractivity contribution is 6.36. The Morgan fingerprint density at radius 2 is 1.83 bits per heavy atom. The molecule has 0 aromatic heterocycles. The van der Waals surface area contributed by atoms with E-state index in [1.165, 1.54) is 11.1 Å². The highest BCUT2D eigenvalue weighted by Gasteiger charge is 2.55. The van der Waals surface area contributed by atoms with Crippen molar-refractivity contribution in [1.82, 2.24) is 5.01 Å². The van der Waals surface area contributed by atoms with Crippen LogP contribution in [-0.4, -0.2) is 41.4 Å². The minimum absolute atomic E-state index is 0.260. The molecule has 0 aliphatic carbocycles. The van der Waals surface area contributed by atoms with E-state index >= 15 is 0 Å². The van der Waals surface area contributed by atoms with Gasteiger partial charge in [-0.3, -0.25) is 19.4 Å². The van der Waals surface area contributed by atoms with Crippen LogP contribution >= 0.6 is 23.2 Å². The summed E-state index contributed by atoms with van der Waals surface area (Å²) in [6.45, 7) is 1.65. The standard InChI is InChI=1S/C19H15Cl2N5O3/c1-10-2-5-12(6-3-10)26-18(28)16-17(19(26)29)25(24-23-16)9-15(27)22-14-7-4-11(20)8-13(14)21/h2-8,16-17H,9H2,1H3,(H,22,27). The van der Waals surface area contributed by atoms with Crippen molar-refractivity contribution in [2.24, 2.45) is 10.3 Å². The largest absolute Gasteiger partial charge is 0.323 e. The average molecular weight is 432 g/mol. The van der Waals surface area contributed by atoms with Gasteiger partial charge in [0.2, 0.25) is 5.91 Å². The normalized spacial score (nSPS) is 20.4. The fourth-order valence-corrected chi connectivity index (χ4v) is 3.69. The Balaban J connectivity index is 1.49. The number of amides is 3. The number of hydrogen-bond acceptors (Lipinski definition) is 6. The molecule has 0 bridgehead atoms. The van der Waals surface area contributed by atoms with E-state index in [0.29, 0.717) is 16.4 Å². The lowest BCUT2D eigenvalue weighted by molar-refractivity contribution is -0.123. The first-order chi connectivity index (χ1) is 13.8. The molecule has 2 atom stereocenters. The number of anilines is 2. The zero-order valence-corrected chi connectivity index (χ0v) is 16.7. The van der Waals surface area contributed by atoms with Crippen LogP contribution in [0.25, 0.3) is 0 Å². The Kier molecular flexibility index (Phi) is 4.97. The number of hydrogen-bond donors (Lipinski definition) is 1. The molecule has 2 heterocycles. The second kappa shape index (κ2) is 7.46. The Labute approximate surface area is 176 Å². The lowest BCUT2D eigenvalue weighted by atomic mass is 10.1. The Morgan fingerprint density at radius 1 is 1.10 bits per heavy atom. The SMILES string of the molecule is Cc1ccc(N2C(=O)C3N=NN(CC(=O)Nc4ccc(Cl)cc4Cl)C3C2=O)cc1. The van der Waals surface area contributed by atoms with Gasteiger partial charge in [-0.1, -0.05) is 46.1 Å². The number of nitrogens with one attached hydrogen (secondary N) is 1. The molecule has 4 rings (SSSR count). The van der Waals surface area contributed by atoms with Crippen LogP contribution in [0.15, 0.2) is 52.8 Å². The monoisotopic (exact) mass is 431 g/mol. The maximum absolute atomic E-state index is 12.9. The topological polar surface area (TPSA) is 94.4 Å². The van der Waals surface area contributed by atoms with Crippen molar-refractivity contribution in [1.29, 1.82) is 0 Å². The van der Waals surface area contributed by atoms with Crippen LogP contribution in [0, 0.1) is 6.92 Å². The van der Waals surface area contributed by atoms with Gasteiger partial charge in [0.25, 0.3) is 11.8 Å². The van der Waals surface area contributed by atoms with Crippen LogP contribution in [0.2, 0.25) is 10.0 Å². The highest BCUT2D eigenvalue weighted by Crippen LogP contribution is 2.32. The third-order valence-corrected chi connectivity index (χ3v) is 5.21. The molecule has 1 fully saturated rings. The quantitative estimate of drug-likeness (QED) is 0.751. The first kappa shape index (κ1) is 19.4. The molecule has 29 heavy (non-hydrogen) atoms. The number of imide groups is 1. The number of halogens is 2. The van der Waals surface area contributed by atoms with Gasteiger partial charge in [-0.15, -0.1) is 0 Å². The van der Waals surface area contributed by atoms with Gasteiger partial charge in [-0.25, -0.2) is 4.90 Å². The molecule has 2 aliphatic rings. The number of carbonyl (C=O) groups excluding carboxylic acids is 3. The first-order valence-electron chi connectivity index (χ1n) is 8.72. The Morgan fingerprint density at radius 3 is 2.52 bits per heavy atom. The maximum Gasteiger partial charge on any atom is 0.263 e. The molecule has 10 heteroatoms. The summed E-state index contributed by atoms with van der Waals surface area (Å²) >= 11 is 11.9. The molecule has 2 aromatic carbocycles. The van der Waals surface area contributed by atoms with E-state index in [0.717, 1.165) is 10.5 Å². The predicted molar refractivity (Wildman–Crippen MR) is 108 cm³/mol. The fourth-order valence-electron chi connectivity index (χ4n) is 3.23. The highest BCUT2D eigenvalue weighted by atomic mass is 35.5. The van der Waals surface area contributed by atoms with Gasteiger partial charge in [0.1, 0.15) is 6.54 Å². The average Bonchev–Trinajstić information content (AvgIpc) is 3.19. The van der Waals surface area contributed by atoms with E-state index in [2.05, 4.69) is 15.7 Å². The van der Waals surface area contributed by atoms with Crippen LogP contribution in [0.5, 0.6) is 0 Å². The molecular weight excluding hydrogens is 417 g/mol. The van der Waals surface area contributed by atoms with Gasteiger partial charge in [0, 0.05) is 5.02 Å². The van der Waals surface area contributed by atoms with Crippen LogP contribution in [0.1, 0.15) is 5.56 Å². The van der Waals surface area contributed by atoms with Crippen LogP contribution in [0.3, 0.4) is 0 Å². The number of nitrogens with zero attached hydrogens (tertiary/aromatic N) is 4. The van der Waals surface area contributed by atoms with Crippen molar-refractivity contribution < 1.29 is 14.4 Å². The molecule has 3 amide bonds. The van der Waals surface area contributed by atoms with Gasteiger partial charge in [0.15, 0.2) is 12.1 Å². The third kappa shape index (κ3) is 3.56. The number of rotatable bonds is 4. The van der Waals surface area contributed by atoms with Crippen molar-refractivity contribution in [3.05, 3.63) is 58.1 Å². The van der Waals surface area contributed by atoms with Crippen LogP contribution in [0.4, 0.5) is 11.4 Å². The predicted octanol–water partition coefficient (Wildman–Crippen LogP) is 3.23. The second-order valence-corrected chi connectivity index (χ2v) is 7.56. The van der Waals surface area contributed by atoms with E-state index in [-0.39, 0.29) is 11.6 Å². The summed E-state index contributed by atoms with van der Waals surface area (Å²) in [5, 5.41) is 12.3. The van der Waals surface area contributed by atoms with Crippen molar-refractivity contribution in [3.63, 3.8) is 0 Å². The lowest BCUT2D eigenvalue weighted by Crippen LogP contribution is -2.43. The summed E-state index contributed by atoms with van der Waals surface area (Å²) in [6.07, 6.45) is 0. The molecule has 1 N–H and O–H groups in total. The summed E-state index contributed by atoms with van der Waals surface area (Å²) in [5.41, 5.74) is 1.85. The number of aryl methyl sites for hydroxylation is 1. The minimum Gasteiger partial charge on any atom is -0.323 e. The van der Waals surface area contributed by atoms with Crippen molar-refractivity contribution >= 4 is 52.3 Å². The number of carbonyl (C=O) groups is 3. The molecule has 0 saturated carbocycles. The van der Waals surface area contributed by atoms with Crippen molar-refractivity contribution in [2.75, 3.05) is 16.8 Å². The zero-order chi connectivity index (χ0) is 20.7. The second-order valence-electron chi connectivity index (χ2n) is 6.71.